The second-order valence-corrected chi connectivity index (χ2v) is 9.27. The minimum atomic E-state index is -0.318. The van der Waals surface area contributed by atoms with Crippen LogP contribution in [-0.4, -0.2) is 51.1 Å². The number of hydrogen-bond donors (Lipinski definition) is 1. The summed E-state index contributed by atoms with van der Waals surface area (Å²) in [6.07, 6.45) is 4.52. The molecule has 7 nitrogen and oxygen atoms in total. The van der Waals surface area contributed by atoms with Gasteiger partial charge in [0.2, 0.25) is 11.1 Å². The van der Waals surface area contributed by atoms with E-state index in [4.69, 9.17) is 4.74 Å². The summed E-state index contributed by atoms with van der Waals surface area (Å²) in [6.45, 7) is 1.65. The summed E-state index contributed by atoms with van der Waals surface area (Å²) in [5.41, 5.74) is 5.58. The zero-order valence-corrected chi connectivity index (χ0v) is 18.9. The van der Waals surface area contributed by atoms with E-state index < -0.39 is 0 Å². The number of nitrogens with one attached hydrogen (secondary N) is 1. The molecule has 1 fully saturated rings. The quantitative estimate of drug-likeness (QED) is 0.646. The van der Waals surface area contributed by atoms with E-state index in [2.05, 4.69) is 15.6 Å². The topological polar surface area (TPSA) is 72.3 Å². The smallest absolute Gasteiger partial charge is 0.238 e. The lowest BCUT2D eigenvalue weighted by Crippen LogP contribution is -2.46. The molecule has 2 aliphatic rings. The highest BCUT2D eigenvalue weighted by Crippen LogP contribution is 2.40. The van der Waals surface area contributed by atoms with Gasteiger partial charge in [0.15, 0.2) is 5.82 Å². The summed E-state index contributed by atoms with van der Waals surface area (Å²) < 4.78 is 7.25. The number of aromatic nitrogens is 3. The Morgan fingerprint density at radius 1 is 1.00 bits per heavy atom. The van der Waals surface area contributed by atoms with Gasteiger partial charge in [0.1, 0.15) is 11.0 Å². The predicted molar refractivity (Wildman–Crippen MR) is 125 cm³/mol. The zero-order valence-electron chi connectivity index (χ0n) is 18.1. The van der Waals surface area contributed by atoms with E-state index in [0.29, 0.717) is 5.16 Å². The van der Waals surface area contributed by atoms with E-state index in [9.17, 15) is 4.79 Å². The molecule has 0 saturated carbocycles. The molecule has 1 amide bonds. The van der Waals surface area contributed by atoms with Crippen LogP contribution in [0.5, 0.6) is 5.75 Å². The summed E-state index contributed by atoms with van der Waals surface area (Å²) in [4.78, 5) is 15.7. The summed E-state index contributed by atoms with van der Waals surface area (Å²) in [5.74, 6) is 1.70. The van der Waals surface area contributed by atoms with Crippen LogP contribution in [0.1, 0.15) is 37.3 Å². The van der Waals surface area contributed by atoms with E-state index >= 15 is 0 Å². The molecule has 32 heavy (non-hydrogen) atoms. The van der Waals surface area contributed by atoms with Crippen molar-refractivity contribution in [3.8, 4) is 17.1 Å². The summed E-state index contributed by atoms with van der Waals surface area (Å²) in [6, 6.07) is 17.7. The second-order valence-electron chi connectivity index (χ2n) is 8.17. The van der Waals surface area contributed by atoms with Gasteiger partial charge < -0.3 is 15.1 Å². The van der Waals surface area contributed by atoms with Gasteiger partial charge in [0, 0.05) is 18.7 Å². The molecule has 2 aromatic carbocycles. The van der Waals surface area contributed by atoms with Crippen LogP contribution < -0.4 is 10.2 Å². The number of carbonyl (C=O) groups is 1. The minimum absolute atomic E-state index is 0.167. The predicted octanol–water partition coefficient (Wildman–Crippen LogP) is 4.12. The molecular weight excluding hydrogens is 422 g/mol. The lowest BCUT2D eigenvalue weighted by molar-refractivity contribution is -0.131. The van der Waals surface area contributed by atoms with Crippen molar-refractivity contribution in [1.29, 1.82) is 0 Å². The van der Waals surface area contributed by atoms with Gasteiger partial charge in [-0.05, 0) is 30.5 Å². The van der Waals surface area contributed by atoms with Gasteiger partial charge in [-0.2, -0.15) is 0 Å². The van der Waals surface area contributed by atoms with Crippen molar-refractivity contribution in [2.24, 2.45) is 0 Å². The SMILES string of the molecule is COc1ccc([C@H]2Nn3c(nnc3-c3ccccc3)S[C@H]2C(=O)N2CCCCCC2)cc1. The Morgan fingerprint density at radius 2 is 1.72 bits per heavy atom. The van der Waals surface area contributed by atoms with Crippen molar-refractivity contribution in [3.05, 3.63) is 60.2 Å². The molecule has 5 rings (SSSR count). The lowest BCUT2D eigenvalue weighted by Gasteiger charge is -2.35. The third-order valence-electron chi connectivity index (χ3n) is 6.10. The third kappa shape index (κ3) is 4.07. The first-order chi connectivity index (χ1) is 15.7. The number of ether oxygens (including phenoxy) is 1. The first kappa shape index (κ1) is 20.9. The standard InChI is InChI=1S/C24H27N5O2S/c1-31-19-13-11-17(12-14-19)20-21(23(30)28-15-7-2-3-8-16-28)32-24-26-25-22(29(24)27-20)18-9-5-4-6-10-18/h4-6,9-14,20-21,27H,2-3,7-8,15-16H2,1H3/t20-,21-/m1/s1. The number of likely N-dealkylation sites (tertiary alicyclic amines) is 1. The molecular formula is C24H27N5O2S. The fourth-order valence-corrected chi connectivity index (χ4v) is 5.51. The highest BCUT2D eigenvalue weighted by atomic mass is 32.2. The maximum atomic E-state index is 13.7. The first-order valence-corrected chi connectivity index (χ1v) is 12.0. The Labute approximate surface area is 192 Å². The molecule has 166 valence electrons. The van der Waals surface area contributed by atoms with Gasteiger partial charge in [-0.15, -0.1) is 10.2 Å². The largest absolute Gasteiger partial charge is 0.497 e. The normalized spacial score (nSPS) is 20.7. The summed E-state index contributed by atoms with van der Waals surface area (Å²) in [7, 11) is 1.66. The molecule has 0 radical (unpaired) electrons. The van der Waals surface area contributed by atoms with Crippen molar-refractivity contribution in [1.82, 2.24) is 19.8 Å². The summed E-state index contributed by atoms with van der Waals surface area (Å²) >= 11 is 1.50. The lowest BCUT2D eigenvalue weighted by atomic mass is 10.0. The first-order valence-electron chi connectivity index (χ1n) is 11.1. The number of thioether (sulfide) groups is 1. The highest BCUT2D eigenvalue weighted by molar-refractivity contribution is 8.00. The maximum Gasteiger partial charge on any atom is 0.238 e. The van der Waals surface area contributed by atoms with E-state index in [1.165, 1.54) is 24.6 Å². The van der Waals surface area contributed by atoms with Crippen LogP contribution in [0, 0.1) is 0 Å². The number of carbonyl (C=O) groups excluding carboxylic acids is 1. The van der Waals surface area contributed by atoms with E-state index in [-0.39, 0.29) is 17.2 Å². The summed E-state index contributed by atoms with van der Waals surface area (Å²) in [5, 5.41) is 9.23. The number of fused-ring (bicyclic) bond motifs is 1. The number of amides is 1. The number of methoxy groups -OCH3 is 1. The van der Waals surface area contributed by atoms with Crippen LogP contribution in [-0.2, 0) is 4.79 Å². The van der Waals surface area contributed by atoms with Crippen LogP contribution in [0.3, 0.4) is 0 Å². The Balaban J connectivity index is 1.51. The van der Waals surface area contributed by atoms with Crippen LogP contribution in [0.2, 0.25) is 0 Å². The minimum Gasteiger partial charge on any atom is -0.497 e. The Kier molecular flexibility index (Phi) is 6.03. The number of nitrogens with zero attached hydrogens (tertiary/aromatic N) is 4. The van der Waals surface area contributed by atoms with Crippen molar-refractivity contribution in [3.63, 3.8) is 0 Å². The highest BCUT2D eigenvalue weighted by Gasteiger charge is 2.40. The molecule has 1 aromatic heterocycles. The van der Waals surface area contributed by atoms with Gasteiger partial charge in [-0.3, -0.25) is 4.79 Å². The van der Waals surface area contributed by atoms with Crippen LogP contribution in [0.15, 0.2) is 59.8 Å². The zero-order chi connectivity index (χ0) is 21.9. The molecule has 0 aliphatic carbocycles. The Bertz CT molecular complexity index is 1060. The number of hydrogen-bond acceptors (Lipinski definition) is 6. The van der Waals surface area contributed by atoms with Gasteiger partial charge in [0.25, 0.3) is 0 Å². The number of benzene rings is 2. The maximum absolute atomic E-state index is 13.7. The van der Waals surface area contributed by atoms with E-state index in [1.54, 1.807) is 7.11 Å². The number of rotatable bonds is 4. The van der Waals surface area contributed by atoms with Crippen molar-refractivity contribution >= 4 is 17.7 Å². The van der Waals surface area contributed by atoms with Gasteiger partial charge in [0.05, 0.1) is 13.2 Å². The molecule has 8 heteroatoms. The van der Waals surface area contributed by atoms with E-state index in [1.807, 2.05) is 64.2 Å². The van der Waals surface area contributed by atoms with Crippen molar-refractivity contribution in [2.45, 2.75) is 42.1 Å². The molecule has 1 N–H and O–H groups in total. The third-order valence-corrected chi connectivity index (χ3v) is 7.31. The van der Waals surface area contributed by atoms with Crippen molar-refractivity contribution < 1.29 is 9.53 Å². The molecule has 0 unspecified atom stereocenters. The molecule has 0 bridgehead atoms. The van der Waals surface area contributed by atoms with Crippen LogP contribution >= 0.6 is 11.8 Å². The monoisotopic (exact) mass is 449 g/mol. The molecule has 2 aliphatic heterocycles. The Morgan fingerprint density at radius 3 is 2.41 bits per heavy atom. The molecule has 1 saturated heterocycles. The van der Waals surface area contributed by atoms with Gasteiger partial charge in [-0.25, -0.2) is 4.68 Å². The molecule has 2 atom stereocenters. The Hall–Kier alpha value is -3.00. The average molecular weight is 450 g/mol. The average Bonchev–Trinajstić information content (AvgIpc) is 3.07. The van der Waals surface area contributed by atoms with E-state index in [0.717, 1.165) is 48.6 Å². The van der Waals surface area contributed by atoms with Gasteiger partial charge in [-0.1, -0.05) is 67.1 Å². The molecule has 0 spiro atoms. The van der Waals surface area contributed by atoms with Crippen LogP contribution in [0.25, 0.3) is 11.4 Å². The van der Waals surface area contributed by atoms with Gasteiger partial charge >= 0.3 is 0 Å². The van der Waals surface area contributed by atoms with Crippen molar-refractivity contribution in [2.75, 3.05) is 25.6 Å². The second kappa shape index (κ2) is 9.24. The fourth-order valence-electron chi connectivity index (χ4n) is 4.35. The molecule has 3 heterocycles. The molecule has 3 aromatic rings. The fraction of sp³-hybridized carbons (Fsp3) is 0.375. The van der Waals surface area contributed by atoms with Crippen LogP contribution in [0.4, 0.5) is 0 Å².